The molecule has 1 aromatic heterocycles. The maximum absolute atomic E-state index is 6.19. The van der Waals surface area contributed by atoms with Crippen molar-refractivity contribution in [2.24, 2.45) is 0 Å². The third kappa shape index (κ3) is 4.39. The first-order valence-corrected chi connectivity index (χ1v) is 8.35. The highest BCUT2D eigenvalue weighted by molar-refractivity contribution is 7.12. The van der Waals surface area contributed by atoms with Crippen molar-refractivity contribution in [2.45, 2.75) is 39.7 Å². The molecule has 2 aromatic rings. The molecule has 0 saturated carbocycles. The predicted molar refractivity (Wildman–Crippen MR) is 93.0 cm³/mol. The van der Waals surface area contributed by atoms with E-state index in [1.165, 1.54) is 9.75 Å². The van der Waals surface area contributed by atoms with Crippen LogP contribution in [-0.2, 0) is 12.0 Å². The van der Waals surface area contributed by atoms with Crippen molar-refractivity contribution in [1.82, 2.24) is 0 Å². The lowest BCUT2D eigenvalue weighted by molar-refractivity contribution is 0.340. The first-order chi connectivity index (χ1) is 9.90. The second-order valence-electron chi connectivity index (χ2n) is 5.95. The Hall–Kier alpha value is -1.19. The number of anilines is 1. The monoisotopic (exact) mass is 323 g/mol. The summed E-state index contributed by atoms with van der Waals surface area (Å²) < 4.78 is 5.44. The Bertz CT molecular complexity index is 601. The van der Waals surface area contributed by atoms with Gasteiger partial charge < -0.3 is 10.1 Å². The smallest absolute Gasteiger partial charge is 0.138 e. The fraction of sp³-hybridized carbons (Fsp3) is 0.412. The molecule has 0 saturated heterocycles. The molecule has 0 unspecified atom stereocenters. The van der Waals surface area contributed by atoms with Crippen LogP contribution in [-0.4, -0.2) is 6.61 Å². The largest absolute Gasteiger partial charge is 0.492 e. The zero-order valence-corrected chi connectivity index (χ0v) is 14.6. The molecule has 2 rings (SSSR count). The standard InChI is InChI=1S/C17H22ClNOS/c1-5-20-15-8-6-12(10-14(15)18)19-11-13-7-9-16(21-13)17(2,3)4/h6-10,19H,5,11H2,1-4H3. The van der Waals surface area contributed by atoms with E-state index in [2.05, 4.69) is 38.2 Å². The molecule has 2 nitrogen and oxygen atoms in total. The summed E-state index contributed by atoms with van der Waals surface area (Å²) in [5, 5.41) is 4.05. The van der Waals surface area contributed by atoms with Crippen molar-refractivity contribution >= 4 is 28.6 Å². The van der Waals surface area contributed by atoms with Crippen molar-refractivity contribution < 1.29 is 4.74 Å². The molecule has 1 N–H and O–H groups in total. The fourth-order valence-electron chi connectivity index (χ4n) is 1.95. The number of benzene rings is 1. The average molecular weight is 324 g/mol. The summed E-state index contributed by atoms with van der Waals surface area (Å²) in [6.45, 7) is 10.1. The molecule has 0 spiro atoms. The number of thiophene rings is 1. The number of hydrogen-bond donors (Lipinski definition) is 1. The van der Waals surface area contributed by atoms with E-state index in [9.17, 15) is 0 Å². The summed E-state index contributed by atoms with van der Waals surface area (Å²) in [5.74, 6) is 0.732. The minimum atomic E-state index is 0.214. The lowest BCUT2D eigenvalue weighted by atomic mass is 9.95. The number of rotatable bonds is 5. The van der Waals surface area contributed by atoms with Crippen LogP contribution in [0.5, 0.6) is 5.75 Å². The maximum Gasteiger partial charge on any atom is 0.138 e. The van der Waals surface area contributed by atoms with E-state index in [1.807, 2.05) is 36.5 Å². The molecule has 0 fully saturated rings. The summed E-state index contributed by atoms with van der Waals surface area (Å²) in [6.07, 6.45) is 0. The van der Waals surface area contributed by atoms with E-state index in [4.69, 9.17) is 16.3 Å². The van der Waals surface area contributed by atoms with Crippen molar-refractivity contribution in [2.75, 3.05) is 11.9 Å². The van der Waals surface area contributed by atoms with Gasteiger partial charge in [0.1, 0.15) is 5.75 Å². The van der Waals surface area contributed by atoms with Gasteiger partial charge in [0, 0.05) is 22.0 Å². The highest BCUT2D eigenvalue weighted by Crippen LogP contribution is 2.31. The number of ether oxygens (including phenoxy) is 1. The van der Waals surface area contributed by atoms with E-state index in [-0.39, 0.29) is 5.41 Å². The third-order valence-electron chi connectivity index (χ3n) is 3.10. The molecule has 0 aliphatic rings. The van der Waals surface area contributed by atoms with Gasteiger partial charge in [-0.3, -0.25) is 0 Å². The number of halogens is 1. The summed E-state index contributed by atoms with van der Waals surface area (Å²) >= 11 is 8.05. The second kappa shape index (κ2) is 6.71. The normalized spacial score (nSPS) is 11.5. The van der Waals surface area contributed by atoms with E-state index in [1.54, 1.807) is 0 Å². The predicted octanol–water partition coefficient (Wildman–Crippen LogP) is 5.71. The third-order valence-corrected chi connectivity index (χ3v) is 4.91. The first-order valence-electron chi connectivity index (χ1n) is 7.15. The van der Waals surface area contributed by atoms with Crippen LogP contribution in [0.4, 0.5) is 5.69 Å². The molecule has 0 atom stereocenters. The van der Waals surface area contributed by atoms with Crippen molar-refractivity contribution in [3.05, 3.63) is 45.1 Å². The van der Waals surface area contributed by atoms with Gasteiger partial charge in [-0.05, 0) is 42.7 Å². The Morgan fingerprint density at radius 1 is 1.19 bits per heavy atom. The van der Waals surface area contributed by atoms with E-state index in [0.29, 0.717) is 11.6 Å². The molecule has 0 amide bonds. The summed E-state index contributed by atoms with van der Waals surface area (Å²) in [7, 11) is 0. The maximum atomic E-state index is 6.19. The van der Waals surface area contributed by atoms with Gasteiger partial charge >= 0.3 is 0 Å². The van der Waals surface area contributed by atoms with Crippen molar-refractivity contribution in [3.63, 3.8) is 0 Å². The summed E-state index contributed by atoms with van der Waals surface area (Å²) in [4.78, 5) is 2.73. The van der Waals surface area contributed by atoms with Gasteiger partial charge in [0.2, 0.25) is 0 Å². The minimum Gasteiger partial charge on any atom is -0.492 e. The van der Waals surface area contributed by atoms with Gasteiger partial charge in [-0.25, -0.2) is 0 Å². The molecule has 0 bridgehead atoms. The number of hydrogen-bond acceptors (Lipinski definition) is 3. The molecule has 114 valence electrons. The van der Waals surface area contributed by atoms with Gasteiger partial charge in [0.25, 0.3) is 0 Å². The Morgan fingerprint density at radius 3 is 2.52 bits per heavy atom. The Morgan fingerprint density at radius 2 is 1.95 bits per heavy atom. The molecular formula is C17H22ClNOS. The zero-order valence-electron chi connectivity index (χ0n) is 13.0. The summed E-state index contributed by atoms with van der Waals surface area (Å²) in [6, 6.07) is 10.2. The molecule has 4 heteroatoms. The molecule has 0 aliphatic carbocycles. The quantitative estimate of drug-likeness (QED) is 0.761. The summed E-state index contributed by atoms with van der Waals surface area (Å²) in [5.41, 5.74) is 1.22. The van der Waals surface area contributed by atoms with Crippen LogP contribution in [0.1, 0.15) is 37.4 Å². The van der Waals surface area contributed by atoms with E-state index >= 15 is 0 Å². The second-order valence-corrected chi connectivity index (χ2v) is 7.52. The fourth-order valence-corrected chi connectivity index (χ4v) is 3.19. The van der Waals surface area contributed by atoms with Crippen LogP contribution in [0, 0.1) is 0 Å². The number of nitrogens with one attached hydrogen (secondary N) is 1. The first kappa shape index (κ1) is 16.2. The van der Waals surface area contributed by atoms with Crippen LogP contribution >= 0.6 is 22.9 Å². The molecular weight excluding hydrogens is 302 g/mol. The van der Waals surface area contributed by atoms with Crippen LogP contribution in [0.15, 0.2) is 30.3 Å². The van der Waals surface area contributed by atoms with E-state index in [0.717, 1.165) is 18.0 Å². The van der Waals surface area contributed by atoms with Gasteiger partial charge in [-0.1, -0.05) is 32.4 Å². The van der Waals surface area contributed by atoms with Gasteiger partial charge in [-0.2, -0.15) is 0 Å². The van der Waals surface area contributed by atoms with Gasteiger partial charge in [0.05, 0.1) is 11.6 Å². The topological polar surface area (TPSA) is 21.3 Å². The van der Waals surface area contributed by atoms with Crippen LogP contribution < -0.4 is 10.1 Å². The Kier molecular flexibility index (Phi) is 5.17. The van der Waals surface area contributed by atoms with Gasteiger partial charge in [0.15, 0.2) is 0 Å². The Labute approximate surface area is 136 Å². The molecule has 21 heavy (non-hydrogen) atoms. The van der Waals surface area contributed by atoms with Crippen LogP contribution in [0.3, 0.4) is 0 Å². The molecule has 1 aromatic carbocycles. The van der Waals surface area contributed by atoms with Crippen LogP contribution in [0.2, 0.25) is 5.02 Å². The lowest BCUT2D eigenvalue weighted by Crippen LogP contribution is -2.07. The van der Waals surface area contributed by atoms with Crippen molar-refractivity contribution in [3.8, 4) is 5.75 Å². The van der Waals surface area contributed by atoms with Gasteiger partial charge in [-0.15, -0.1) is 11.3 Å². The molecule has 0 radical (unpaired) electrons. The van der Waals surface area contributed by atoms with Crippen molar-refractivity contribution in [1.29, 1.82) is 0 Å². The SMILES string of the molecule is CCOc1ccc(NCc2ccc(C(C)(C)C)s2)cc1Cl. The average Bonchev–Trinajstić information content (AvgIpc) is 2.88. The van der Waals surface area contributed by atoms with Crippen LogP contribution in [0.25, 0.3) is 0 Å². The highest BCUT2D eigenvalue weighted by atomic mass is 35.5. The molecule has 1 heterocycles. The molecule has 0 aliphatic heterocycles. The zero-order chi connectivity index (χ0) is 15.5. The lowest BCUT2D eigenvalue weighted by Gasteiger charge is -2.15. The minimum absolute atomic E-state index is 0.214. The van der Waals surface area contributed by atoms with E-state index < -0.39 is 0 Å². The Balaban J connectivity index is 2.00. The highest BCUT2D eigenvalue weighted by Gasteiger charge is 2.15.